The number of rotatable bonds is 6. The first-order valence-electron chi connectivity index (χ1n) is 6.42. The summed E-state index contributed by atoms with van der Waals surface area (Å²) < 4.78 is 0. The molecule has 0 heterocycles. The Bertz CT molecular complexity index is 474. The van der Waals surface area contributed by atoms with E-state index in [1.165, 1.54) is 11.0 Å². The second kappa shape index (κ2) is 7.49. The summed E-state index contributed by atoms with van der Waals surface area (Å²) in [6.45, 7) is 1.44. The lowest BCUT2D eigenvalue weighted by Gasteiger charge is -2.20. The molecule has 0 bridgehead atoms. The number of carboxylic acids is 1. The van der Waals surface area contributed by atoms with Crippen molar-refractivity contribution in [2.75, 3.05) is 39.1 Å². The Labute approximate surface area is 119 Å². The van der Waals surface area contributed by atoms with E-state index in [4.69, 9.17) is 5.11 Å². The van der Waals surface area contributed by atoms with E-state index in [9.17, 15) is 9.59 Å². The molecule has 0 aliphatic rings. The van der Waals surface area contributed by atoms with Crippen molar-refractivity contribution in [1.82, 2.24) is 10.2 Å². The average Bonchev–Trinajstić information content (AvgIpc) is 2.42. The summed E-state index contributed by atoms with van der Waals surface area (Å²) >= 11 is 0. The molecule has 0 spiro atoms. The lowest BCUT2D eigenvalue weighted by molar-refractivity contribution is 0.0697. The van der Waals surface area contributed by atoms with Gasteiger partial charge in [-0.25, -0.2) is 9.59 Å². The highest BCUT2D eigenvalue weighted by Gasteiger charge is 2.17. The van der Waals surface area contributed by atoms with Crippen LogP contribution in [0.5, 0.6) is 0 Å². The van der Waals surface area contributed by atoms with Gasteiger partial charge < -0.3 is 15.3 Å². The average molecular weight is 279 g/mol. The third-order valence-electron chi connectivity index (χ3n) is 2.86. The van der Waals surface area contributed by atoms with Crippen LogP contribution in [0.1, 0.15) is 16.8 Å². The first-order valence-corrected chi connectivity index (χ1v) is 6.42. The molecular weight excluding hydrogens is 258 g/mol. The number of carbonyl (C=O) groups is 2. The highest BCUT2D eigenvalue weighted by Crippen LogP contribution is 2.19. The SMILES string of the molecule is CN(C)CCCNC(=O)N(C)c1ccccc1C(=O)O. The maximum atomic E-state index is 12.0. The number of amides is 2. The van der Waals surface area contributed by atoms with Gasteiger partial charge in [-0.3, -0.25) is 4.90 Å². The van der Waals surface area contributed by atoms with Gasteiger partial charge in [-0.05, 0) is 39.2 Å². The third kappa shape index (κ3) is 4.55. The summed E-state index contributed by atoms with van der Waals surface area (Å²) in [6, 6.07) is 6.13. The number of hydrogen-bond donors (Lipinski definition) is 2. The van der Waals surface area contributed by atoms with Crippen molar-refractivity contribution in [3.63, 3.8) is 0 Å². The Kier molecular flexibility index (Phi) is 5.99. The Morgan fingerprint density at radius 2 is 1.85 bits per heavy atom. The molecule has 0 aliphatic carbocycles. The lowest BCUT2D eigenvalue weighted by atomic mass is 10.1. The molecule has 20 heavy (non-hydrogen) atoms. The van der Waals surface area contributed by atoms with E-state index in [0.29, 0.717) is 12.2 Å². The summed E-state index contributed by atoms with van der Waals surface area (Å²) in [5, 5.41) is 11.9. The van der Waals surface area contributed by atoms with Crippen LogP contribution in [0.25, 0.3) is 0 Å². The van der Waals surface area contributed by atoms with Crippen LogP contribution in [0.15, 0.2) is 24.3 Å². The van der Waals surface area contributed by atoms with E-state index in [1.807, 2.05) is 19.0 Å². The zero-order valence-corrected chi connectivity index (χ0v) is 12.1. The van der Waals surface area contributed by atoms with Gasteiger partial charge in [-0.15, -0.1) is 0 Å². The number of anilines is 1. The van der Waals surface area contributed by atoms with Crippen molar-refractivity contribution in [3.05, 3.63) is 29.8 Å². The minimum atomic E-state index is -1.05. The minimum Gasteiger partial charge on any atom is -0.478 e. The van der Waals surface area contributed by atoms with Crippen molar-refractivity contribution in [2.24, 2.45) is 0 Å². The van der Waals surface area contributed by atoms with Crippen LogP contribution >= 0.6 is 0 Å². The first-order chi connectivity index (χ1) is 9.43. The third-order valence-corrected chi connectivity index (χ3v) is 2.86. The van der Waals surface area contributed by atoms with E-state index >= 15 is 0 Å². The molecule has 2 amide bonds. The Balaban J connectivity index is 2.63. The molecule has 0 fully saturated rings. The van der Waals surface area contributed by atoms with E-state index in [-0.39, 0.29) is 11.6 Å². The molecule has 0 unspecified atom stereocenters. The largest absolute Gasteiger partial charge is 0.478 e. The van der Waals surface area contributed by atoms with Gasteiger partial charge in [-0.1, -0.05) is 12.1 Å². The molecule has 0 saturated carbocycles. The molecule has 0 radical (unpaired) electrons. The van der Waals surface area contributed by atoms with Crippen LogP contribution in [0.4, 0.5) is 10.5 Å². The monoisotopic (exact) mass is 279 g/mol. The molecule has 1 aromatic rings. The topological polar surface area (TPSA) is 72.9 Å². The number of nitrogens with one attached hydrogen (secondary N) is 1. The zero-order valence-electron chi connectivity index (χ0n) is 12.1. The number of carbonyl (C=O) groups excluding carboxylic acids is 1. The smallest absolute Gasteiger partial charge is 0.337 e. The highest BCUT2D eigenvalue weighted by molar-refractivity contribution is 6.01. The molecule has 6 heteroatoms. The number of urea groups is 1. The standard InChI is InChI=1S/C14H21N3O3/c1-16(2)10-6-9-15-14(20)17(3)12-8-5-4-7-11(12)13(18)19/h4-5,7-8H,6,9-10H2,1-3H3,(H,15,20)(H,18,19). The Morgan fingerprint density at radius 3 is 2.45 bits per heavy atom. The summed E-state index contributed by atoms with van der Waals surface area (Å²) in [5.74, 6) is -1.05. The molecule has 2 N–H and O–H groups in total. The molecule has 6 nitrogen and oxygen atoms in total. The van der Waals surface area contributed by atoms with Crippen molar-refractivity contribution < 1.29 is 14.7 Å². The molecule has 110 valence electrons. The number of aromatic carboxylic acids is 1. The maximum absolute atomic E-state index is 12.0. The molecule has 1 aromatic carbocycles. The summed E-state index contributed by atoms with van der Waals surface area (Å²) in [4.78, 5) is 26.4. The highest BCUT2D eigenvalue weighted by atomic mass is 16.4. The number of carboxylic acid groups (broad SMARTS) is 1. The van der Waals surface area contributed by atoms with E-state index in [0.717, 1.165) is 13.0 Å². The predicted octanol–water partition coefficient (Wildman–Crippen LogP) is 1.48. The summed E-state index contributed by atoms with van der Waals surface area (Å²) in [7, 11) is 5.50. The van der Waals surface area contributed by atoms with Crippen LogP contribution in [-0.2, 0) is 0 Å². The summed E-state index contributed by atoms with van der Waals surface area (Å²) in [6.07, 6.45) is 0.840. The molecule has 0 atom stereocenters. The van der Waals surface area contributed by atoms with Crippen molar-refractivity contribution in [3.8, 4) is 0 Å². The van der Waals surface area contributed by atoms with Crippen LogP contribution < -0.4 is 10.2 Å². The molecule has 0 aromatic heterocycles. The van der Waals surface area contributed by atoms with Gasteiger partial charge in [-0.2, -0.15) is 0 Å². The van der Waals surface area contributed by atoms with Gasteiger partial charge >= 0.3 is 12.0 Å². The van der Waals surface area contributed by atoms with Gasteiger partial charge in [0.15, 0.2) is 0 Å². The van der Waals surface area contributed by atoms with Crippen molar-refractivity contribution >= 4 is 17.7 Å². The van der Waals surface area contributed by atoms with Crippen LogP contribution in [-0.4, -0.2) is 56.2 Å². The van der Waals surface area contributed by atoms with Crippen LogP contribution in [0, 0.1) is 0 Å². The van der Waals surface area contributed by atoms with Gasteiger partial charge in [0, 0.05) is 13.6 Å². The first kappa shape index (κ1) is 16.0. The molecular formula is C14H21N3O3. The quantitative estimate of drug-likeness (QED) is 0.774. The predicted molar refractivity (Wildman–Crippen MR) is 78.4 cm³/mol. The second-order valence-corrected chi connectivity index (χ2v) is 4.77. The summed E-state index contributed by atoms with van der Waals surface area (Å²) in [5.41, 5.74) is 0.489. The van der Waals surface area contributed by atoms with Crippen LogP contribution in [0.3, 0.4) is 0 Å². The Morgan fingerprint density at radius 1 is 1.20 bits per heavy atom. The maximum Gasteiger partial charge on any atom is 0.337 e. The van der Waals surface area contributed by atoms with Crippen molar-refractivity contribution in [2.45, 2.75) is 6.42 Å². The zero-order chi connectivity index (χ0) is 15.1. The molecule has 0 aliphatic heterocycles. The minimum absolute atomic E-state index is 0.110. The van der Waals surface area contributed by atoms with Gasteiger partial charge in [0.1, 0.15) is 0 Å². The number of hydrogen-bond acceptors (Lipinski definition) is 3. The fraction of sp³-hybridized carbons (Fsp3) is 0.429. The fourth-order valence-electron chi connectivity index (χ4n) is 1.77. The Hall–Kier alpha value is -2.08. The van der Waals surface area contributed by atoms with E-state index in [1.54, 1.807) is 25.2 Å². The lowest BCUT2D eigenvalue weighted by Crippen LogP contribution is -2.39. The van der Waals surface area contributed by atoms with Crippen molar-refractivity contribution in [1.29, 1.82) is 0 Å². The van der Waals surface area contributed by atoms with E-state index < -0.39 is 5.97 Å². The second-order valence-electron chi connectivity index (χ2n) is 4.77. The fourth-order valence-corrected chi connectivity index (χ4v) is 1.77. The van der Waals surface area contributed by atoms with Crippen LogP contribution in [0.2, 0.25) is 0 Å². The number of benzene rings is 1. The number of nitrogens with zero attached hydrogens (tertiary/aromatic N) is 2. The van der Waals surface area contributed by atoms with Gasteiger partial charge in [0.25, 0.3) is 0 Å². The molecule has 0 saturated heterocycles. The van der Waals surface area contributed by atoms with Gasteiger partial charge in [0.05, 0.1) is 11.3 Å². The van der Waals surface area contributed by atoms with Gasteiger partial charge in [0.2, 0.25) is 0 Å². The number of para-hydroxylation sites is 1. The normalized spacial score (nSPS) is 10.4. The van der Waals surface area contributed by atoms with E-state index in [2.05, 4.69) is 5.32 Å². The molecule has 1 rings (SSSR count).